The maximum Gasteiger partial charge on any atom is 0.282 e. The second-order valence-corrected chi connectivity index (χ2v) is 7.64. The van der Waals surface area contributed by atoms with Crippen LogP contribution in [0.1, 0.15) is 11.4 Å². The van der Waals surface area contributed by atoms with Crippen LogP contribution < -0.4 is 15.0 Å². The Kier molecular flexibility index (Phi) is 6.31. The summed E-state index contributed by atoms with van der Waals surface area (Å²) in [5, 5.41) is 4.84. The maximum atomic E-state index is 12.9. The summed E-state index contributed by atoms with van der Waals surface area (Å²) in [6, 6.07) is 9.00. The molecule has 0 atom stereocenters. The standard InChI is InChI=1S/C20H17Br2N3O3/c1-4-7-28-19-13(8-15(22)10-18(19)27-3)11-23-25-12(2)24-17-6-5-14(21)9-16(17)20(25)26/h4-6,8-11H,1,7H2,2-3H3. The summed E-state index contributed by atoms with van der Waals surface area (Å²) >= 11 is 6.83. The zero-order valence-electron chi connectivity index (χ0n) is 15.3. The number of benzene rings is 2. The van der Waals surface area contributed by atoms with Crippen LogP contribution >= 0.6 is 31.9 Å². The number of hydrogen-bond acceptors (Lipinski definition) is 5. The zero-order chi connectivity index (χ0) is 20.3. The van der Waals surface area contributed by atoms with Crippen LogP contribution in [0.5, 0.6) is 11.5 Å². The Hall–Kier alpha value is -2.45. The fourth-order valence-electron chi connectivity index (χ4n) is 2.65. The molecule has 0 bridgehead atoms. The molecule has 1 aromatic heterocycles. The Morgan fingerprint density at radius 3 is 2.75 bits per heavy atom. The van der Waals surface area contributed by atoms with E-state index < -0.39 is 0 Å². The number of aromatic nitrogens is 2. The molecule has 0 fully saturated rings. The van der Waals surface area contributed by atoms with Gasteiger partial charge in [-0.05, 0) is 37.3 Å². The van der Waals surface area contributed by atoms with Crippen LogP contribution in [0.4, 0.5) is 0 Å². The molecule has 28 heavy (non-hydrogen) atoms. The van der Waals surface area contributed by atoms with Crippen molar-refractivity contribution in [2.75, 3.05) is 13.7 Å². The first-order chi connectivity index (χ1) is 13.4. The van der Waals surface area contributed by atoms with Crippen molar-refractivity contribution in [1.29, 1.82) is 0 Å². The van der Waals surface area contributed by atoms with E-state index in [0.29, 0.717) is 40.4 Å². The van der Waals surface area contributed by atoms with Crippen LogP contribution in [-0.4, -0.2) is 29.6 Å². The van der Waals surface area contributed by atoms with Gasteiger partial charge in [0.05, 0.1) is 24.2 Å². The third-order valence-corrected chi connectivity index (χ3v) is 4.85. The van der Waals surface area contributed by atoms with Gasteiger partial charge in [-0.3, -0.25) is 4.79 Å². The topological polar surface area (TPSA) is 65.7 Å². The van der Waals surface area contributed by atoms with Crippen LogP contribution in [0, 0.1) is 6.92 Å². The first kappa shape index (κ1) is 20.3. The Morgan fingerprint density at radius 1 is 1.25 bits per heavy atom. The molecule has 0 aliphatic carbocycles. The number of ether oxygens (including phenoxy) is 2. The average Bonchev–Trinajstić information content (AvgIpc) is 2.67. The van der Waals surface area contributed by atoms with Gasteiger partial charge in [-0.2, -0.15) is 9.78 Å². The normalized spacial score (nSPS) is 11.1. The Bertz CT molecular complexity index is 1140. The fourth-order valence-corrected chi connectivity index (χ4v) is 3.46. The molecule has 0 amide bonds. The molecule has 3 rings (SSSR count). The fraction of sp³-hybridized carbons (Fsp3) is 0.150. The molecule has 2 aromatic carbocycles. The van der Waals surface area contributed by atoms with Crippen molar-refractivity contribution in [3.63, 3.8) is 0 Å². The lowest BCUT2D eigenvalue weighted by molar-refractivity contribution is 0.326. The van der Waals surface area contributed by atoms with Gasteiger partial charge in [0.25, 0.3) is 5.56 Å². The molecule has 0 radical (unpaired) electrons. The summed E-state index contributed by atoms with van der Waals surface area (Å²) in [6.07, 6.45) is 3.19. The molecule has 0 spiro atoms. The molecule has 3 aromatic rings. The molecular weight excluding hydrogens is 490 g/mol. The van der Waals surface area contributed by atoms with E-state index in [1.807, 2.05) is 12.1 Å². The summed E-state index contributed by atoms with van der Waals surface area (Å²) in [5.41, 5.74) is 1.01. The van der Waals surface area contributed by atoms with Gasteiger partial charge in [0.1, 0.15) is 12.4 Å². The summed E-state index contributed by atoms with van der Waals surface area (Å²) in [6.45, 7) is 5.71. The molecule has 0 aliphatic rings. The van der Waals surface area contributed by atoms with Gasteiger partial charge in [-0.25, -0.2) is 4.98 Å². The van der Waals surface area contributed by atoms with Gasteiger partial charge in [0.2, 0.25) is 0 Å². The molecule has 144 valence electrons. The Balaban J connectivity index is 2.13. The number of hydrogen-bond donors (Lipinski definition) is 0. The van der Waals surface area contributed by atoms with Crippen LogP contribution in [0.25, 0.3) is 10.9 Å². The van der Waals surface area contributed by atoms with Crippen molar-refractivity contribution in [3.05, 3.63) is 73.7 Å². The maximum absolute atomic E-state index is 12.9. The highest BCUT2D eigenvalue weighted by molar-refractivity contribution is 9.10. The monoisotopic (exact) mass is 505 g/mol. The Labute approximate surface area is 178 Å². The quantitative estimate of drug-likeness (QED) is 0.359. The molecule has 1 heterocycles. The van der Waals surface area contributed by atoms with E-state index in [1.165, 1.54) is 4.68 Å². The van der Waals surface area contributed by atoms with Crippen molar-refractivity contribution < 1.29 is 9.47 Å². The van der Waals surface area contributed by atoms with Crippen molar-refractivity contribution in [2.24, 2.45) is 5.10 Å². The third kappa shape index (κ3) is 4.18. The highest BCUT2D eigenvalue weighted by Gasteiger charge is 2.12. The summed E-state index contributed by atoms with van der Waals surface area (Å²) < 4.78 is 14.0. The van der Waals surface area contributed by atoms with E-state index >= 15 is 0 Å². The number of fused-ring (bicyclic) bond motifs is 1. The predicted molar refractivity (Wildman–Crippen MR) is 118 cm³/mol. The van der Waals surface area contributed by atoms with Gasteiger partial charge in [0, 0.05) is 14.5 Å². The average molecular weight is 507 g/mol. The minimum Gasteiger partial charge on any atom is -0.493 e. The number of rotatable bonds is 6. The first-order valence-electron chi connectivity index (χ1n) is 8.29. The van der Waals surface area contributed by atoms with Crippen LogP contribution in [-0.2, 0) is 0 Å². The largest absolute Gasteiger partial charge is 0.493 e. The van der Waals surface area contributed by atoms with E-state index in [-0.39, 0.29) is 5.56 Å². The minimum atomic E-state index is -0.254. The summed E-state index contributed by atoms with van der Waals surface area (Å²) in [5.74, 6) is 1.53. The van der Waals surface area contributed by atoms with Gasteiger partial charge >= 0.3 is 0 Å². The second kappa shape index (κ2) is 8.70. The Morgan fingerprint density at radius 2 is 2.04 bits per heavy atom. The molecular formula is C20H17Br2N3O3. The smallest absolute Gasteiger partial charge is 0.282 e. The highest BCUT2D eigenvalue weighted by atomic mass is 79.9. The predicted octanol–water partition coefficient (Wildman–Crippen LogP) is 4.69. The van der Waals surface area contributed by atoms with E-state index in [9.17, 15) is 4.79 Å². The van der Waals surface area contributed by atoms with Crippen molar-refractivity contribution in [2.45, 2.75) is 6.92 Å². The van der Waals surface area contributed by atoms with Crippen molar-refractivity contribution in [1.82, 2.24) is 9.66 Å². The lowest BCUT2D eigenvalue weighted by Gasteiger charge is -2.13. The molecule has 0 saturated heterocycles. The number of methoxy groups -OCH3 is 1. The van der Waals surface area contributed by atoms with Crippen molar-refractivity contribution in [3.8, 4) is 11.5 Å². The van der Waals surface area contributed by atoms with E-state index in [0.717, 1.165) is 8.95 Å². The van der Waals surface area contributed by atoms with E-state index in [4.69, 9.17) is 9.47 Å². The highest BCUT2D eigenvalue weighted by Crippen LogP contribution is 2.34. The van der Waals surface area contributed by atoms with Crippen molar-refractivity contribution >= 4 is 49.0 Å². The number of aryl methyl sites for hydroxylation is 1. The lowest BCUT2D eigenvalue weighted by Crippen LogP contribution is -2.20. The summed E-state index contributed by atoms with van der Waals surface area (Å²) in [4.78, 5) is 17.3. The molecule has 0 unspecified atom stereocenters. The number of halogens is 2. The van der Waals surface area contributed by atoms with Gasteiger partial charge in [0.15, 0.2) is 11.5 Å². The van der Waals surface area contributed by atoms with E-state index in [1.54, 1.807) is 44.5 Å². The molecule has 0 N–H and O–H groups in total. The van der Waals surface area contributed by atoms with Crippen LogP contribution in [0.3, 0.4) is 0 Å². The number of nitrogens with zero attached hydrogens (tertiary/aromatic N) is 3. The van der Waals surface area contributed by atoms with Crippen LogP contribution in [0.2, 0.25) is 0 Å². The van der Waals surface area contributed by atoms with Gasteiger partial charge < -0.3 is 9.47 Å². The van der Waals surface area contributed by atoms with Gasteiger partial charge in [-0.1, -0.05) is 44.5 Å². The lowest BCUT2D eigenvalue weighted by atomic mass is 10.2. The van der Waals surface area contributed by atoms with Crippen LogP contribution in [0.15, 0.2) is 61.8 Å². The van der Waals surface area contributed by atoms with Gasteiger partial charge in [-0.15, -0.1) is 0 Å². The molecule has 6 nitrogen and oxygen atoms in total. The zero-order valence-corrected chi connectivity index (χ0v) is 18.4. The SMILES string of the molecule is C=CCOc1c(C=Nn2c(C)nc3ccc(Br)cc3c2=O)cc(Br)cc1OC. The molecule has 0 aliphatic heterocycles. The third-order valence-electron chi connectivity index (χ3n) is 3.90. The summed E-state index contributed by atoms with van der Waals surface area (Å²) in [7, 11) is 1.56. The second-order valence-electron chi connectivity index (χ2n) is 5.81. The molecule has 8 heteroatoms. The first-order valence-corrected chi connectivity index (χ1v) is 9.87. The van der Waals surface area contributed by atoms with E-state index in [2.05, 4.69) is 48.5 Å². The molecule has 0 saturated carbocycles. The minimum absolute atomic E-state index is 0.254.